The van der Waals surface area contributed by atoms with Crippen LogP contribution in [0.2, 0.25) is 5.15 Å². The Labute approximate surface area is 196 Å². The Morgan fingerprint density at radius 2 is 1.85 bits per heavy atom. The van der Waals surface area contributed by atoms with Gasteiger partial charge in [-0.2, -0.15) is 0 Å². The van der Waals surface area contributed by atoms with E-state index in [-0.39, 0.29) is 36.3 Å². The molecule has 2 aromatic carbocycles. The molecule has 2 N–H and O–H groups in total. The molecule has 0 saturated carbocycles. The van der Waals surface area contributed by atoms with Crippen molar-refractivity contribution < 1.29 is 9.90 Å². The average molecular weight is 466 g/mol. The number of amides is 1. The van der Waals surface area contributed by atoms with Gasteiger partial charge in [0, 0.05) is 19.0 Å². The number of aromatic nitrogens is 2. The van der Waals surface area contributed by atoms with Crippen molar-refractivity contribution in [2.45, 2.75) is 32.9 Å². The molecule has 1 heterocycles. The Morgan fingerprint density at radius 3 is 2.55 bits per heavy atom. The summed E-state index contributed by atoms with van der Waals surface area (Å²) in [6.07, 6.45) is 0.657. The van der Waals surface area contributed by atoms with Crippen LogP contribution < -0.4 is 16.6 Å². The fourth-order valence-electron chi connectivity index (χ4n) is 3.17. The molecule has 1 aromatic heterocycles. The molecule has 0 saturated heterocycles. The maximum Gasteiger partial charge on any atom is 0.332 e. The van der Waals surface area contributed by atoms with Gasteiger partial charge in [0.05, 0.1) is 13.2 Å². The SMILES string of the molecule is Cc1ccc(CCC(=O)Nc2c(Cl)n(CC#Cc3cccc(CO)c3)c(=O)n(C)c2=O)cc1. The lowest BCUT2D eigenvalue weighted by atomic mass is 10.1. The first-order chi connectivity index (χ1) is 15.8. The highest BCUT2D eigenvalue weighted by Crippen LogP contribution is 2.16. The number of aliphatic hydroxyl groups is 1. The van der Waals surface area contributed by atoms with Crippen molar-refractivity contribution in [1.29, 1.82) is 0 Å². The normalized spacial score (nSPS) is 10.4. The van der Waals surface area contributed by atoms with Crippen LogP contribution in [-0.4, -0.2) is 20.1 Å². The predicted octanol–water partition coefficient (Wildman–Crippen LogP) is 2.62. The number of aliphatic hydroxyl groups excluding tert-OH is 1. The van der Waals surface area contributed by atoms with Crippen molar-refractivity contribution in [3.05, 3.63) is 96.8 Å². The summed E-state index contributed by atoms with van der Waals surface area (Å²) in [5, 5.41) is 11.6. The van der Waals surface area contributed by atoms with E-state index in [2.05, 4.69) is 17.2 Å². The second-order valence-electron chi connectivity index (χ2n) is 7.59. The summed E-state index contributed by atoms with van der Waals surface area (Å²) >= 11 is 6.33. The van der Waals surface area contributed by atoms with Gasteiger partial charge < -0.3 is 10.4 Å². The third-order valence-electron chi connectivity index (χ3n) is 5.08. The first-order valence-electron chi connectivity index (χ1n) is 10.3. The summed E-state index contributed by atoms with van der Waals surface area (Å²) in [5.41, 5.74) is 2.03. The van der Waals surface area contributed by atoms with Crippen molar-refractivity contribution in [3.8, 4) is 11.8 Å². The van der Waals surface area contributed by atoms with E-state index in [0.717, 1.165) is 25.8 Å². The molecule has 7 nitrogen and oxygen atoms in total. The largest absolute Gasteiger partial charge is 0.392 e. The minimum atomic E-state index is -0.687. The zero-order chi connectivity index (χ0) is 24.0. The number of carbonyl (C=O) groups excluding carboxylic acids is 1. The molecule has 0 aliphatic heterocycles. The molecule has 0 fully saturated rings. The van der Waals surface area contributed by atoms with Crippen LogP contribution in [0.3, 0.4) is 0 Å². The number of nitrogens with one attached hydrogen (secondary N) is 1. The summed E-state index contributed by atoms with van der Waals surface area (Å²) < 4.78 is 2.01. The Bertz CT molecular complexity index is 1350. The molecule has 0 radical (unpaired) electrons. The minimum absolute atomic E-state index is 0.0820. The van der Waals surface area contributed by atoms with Gasteiger partial charge in [-0.1, -0.05) is 65.4 Å². The maximum atomic E-state index is 12.6. The van der Waals surface area contributed by atoms with E-state index in [4.69, 9.17) is 11.6 Å². The van der Waals surface area contributed by atoms with Crippen LogP contribution in [0.5, 0.6) is 0 Å². The van der Waals surface area contributed by atoms with Crippen molar-refractivity contribution in [2.24, 2.45) is 7.05 Å². The molecule has 3 rings (SSSR count). The van der Waals surface area contributed by atoms with Crippen LogP contribution in [0.4, 0.5) is 5.69 Å². The Kier molecular flexibility index (Phi) is 7.88. The van der Waals surface area contributed by atoms with E-state index in [1.54, 1.807) is 24.3 Å². The Balaban J connectivity index is 1.79. The first-order valence-corrected chi connectivity index (χ1v) is 10.7. The maximum absolute atomic E-state index is 12.6. The second kappa shape index (κ2) is 10.8. The summed E-state index contributed by atoms with van der Waals surface area (Å²) in [6, 6.07) is 14.9. The molecule has 0 aliphatic carbocycles. The highest BCUT2D eigenvalue weighted by atomic mass is 35.5. The number of hydrogen-bond acceptors (Lipinski definition) is 4. The van der Waals surface area contributed by atoms with Gasteiger partial charge in [0.15, 0.2) is 0 Å². The second-order valence-corrected chi connectivity index (χ2v) is 7.95. The fourth-order valence-corrected chi connectivity index (χ4v) is 3.43. The standard InChI is InChI=1S/C25H24ClN3O4/c1-17-8-10-18(11-9-17)12-13-21(31)27-22-23(26)29(25(33)28(2)24(22)32)14-4-7-19-5-3-6-20(15-19)16-30/h3,5-6,8-11,15,30H,12-14,16H2,1-2H3,(H,27,31). The van der Waals surface area contributed by atoms with Gasteiger partial charge >= 0.3 is 5.69 Å². The molecule has 0 atom stereocenters. The molecule has 0 spiro atoms. The zero-order valence-electron chi connectivity index (χ0n) is 18.4. The third-order valence-corrected chi connectivity index (χ3v) is 5.48. The van der Waals surface area contributed by atoms with E-state index >= 15 is 0 Å². The summed E-state index contributed by atoms with van der Waals surface area (Å²) in [7, 11) is 1.32. The van der Waals surface area contributed by atoms with Crippen LogP contribution >= 0.6 is 11.6 Å². The van der Waals surface area contributed by atoms with E-state index < -0.39 is 11.2 Å². The highest BCUT2D eigenvalue weighted by molar-refractivity contribution is 6.32. The van der Waals surface area contributed by atoms with E-state index in [0.29, 0.717) is 12.0 Å². The summed E-state index contributed by atoms with van der Waals surface area (Å²) in [6.45, 7) is 1.80. The summed E-state index contributed by atoms with van der Waals surface area (Å²) in [5.74, 6) is 5.37. The van der Waals surface area contributed by atoms with Crippen LogP contribution in [0.15, 0.2) is 58.1 Å². The van der Waals surface area contributed by atoms with Crippen molar-refractivity contribution in [2.75, 3.05) is 5.32 Å². The fraction of sp³-hybridized carbons (Fsp3) is 0.240. The molecular weight excluding hydrogens is 442 g/mol. The smallest absolute Gasteiger partial charge is 0.332 e. The van der Waals surface area contributed by atoms with Crippen LogP contribution in [0, 0.1) is 18.8 Å². The van der Waals surface area contributed by atoms with Gasteiger partial charge in [-0.3, -0.25) is 18.7 Å². The van der Waals surface area contributed by atoms with Gasteiger partial charge in [0.1, 0.15) is 10.8 Å². The zero-order valence-corrected chi connectivity index (χ0v) is 19.1. The number of nitrogens with zero attached hydrogens (tertiary/aromatic N) is 2. The minimum Gasteiger partial charge on any atom is -0.392 e. The van der Waals surface area contributed by atoms with E-state index in [1.165, 1.54) is 7.05 Å². The number of halogens is 1. The van der Waals surface area contributed by atoms with Gasteiger partial charge in [-0.15, -0.1) is 0 Å². The molecule has 170 valence electrons. The van der Waals surface area contributed by atoms with Gasteiger partial charge in [0.2, 0.25) is 5.91 Å². The number of rotatable bonds is 6. The van der Waals surface area contributed by atoms with Gasteiger partial charge in [-0.25, -0.2) is 4.79 Å². The van der Waals surface area contributed by atoms with Gasteiger partial charge in [-0.05, 0) is 36.6 Å². The number of anilines is 1. The Hall–Kier alpha value is -3.60. The molecule has 3 aromatic rings. The van der Waals surface area contributed by atoms with Crippen molar-refractivity contribution in [3.63, 3.8) is 0 Å². The van der Waals surface area contributed by atoms with Crippen LogP contribution in [-0.2, 0) is 31.4 Å². The molecule has 1 amide bonds. The van der Waals surface area contributed by atoms with Crippen molar-refractivity contribution in [1.82, 2.24) is 9.13 Å². The molecular formula is C25H24ClN3O4. The molecule has 0 bridgehead atoms. The topological polar surface area (TPSA) is 93.3 Å². The average Bonchev–Trinajstić information content (AvgIpc) is 2.82. The monoisotopic (exact) mass is 465 g/mol. The predicted molar refractivity (Wildman–Crippen MR) is 128 cm³/mol. The number of carbonyl (C=O) groups is 1. The lowest BCUT2D eigenvalue weighted by Gasteiger charge is -2.13. The highest BCUT2D eigenvalue weighted by Gasteiger charge is 2.17. The van der Waals surface area contributed by atoms with Gasteiger partial charge in [0.25, 0.3) is 5.56 Å². The molecule has 33 heavy (non-hydrogen) atoms. The molecule has 0 unspecified atom stereocenters. The quantitative estimate of drug-likeness (QED) is 0.432. The van der Waals surface area contributed by atoms with Crippen LogP contribution in [0.25, 0.3) is 0 Å². The Morgan fingerprint density at radius 1 is 1.12 bits per heavy atom. The third kappa shape index (κ3) is 6.01. The van der Waals surface area contributed by atoms with E-state index in [1.807, 2.05) is 31.2 Å². The summed E-state index contributed by atoms with van der Waals surface area (Å²) in [4.78, 5) is 37.6. The number of aryl methyl sites for hydroxylation is 2. The number of benzene rings is 2. The molecule has 0 aliphatic rings. The number of hydrogen-bond donors (Lipinski definition) is 2. The van der Waals surface area contributed by atoms with Crippen LogP contribution in [0.1, 0.15) is 28.7 Å². The lowest BCUT2D eigenvalue weighted by Crippen LogP contribution is -2.40. The molecule has 8 heteroatoms. The van der Waals surface area contributed by atoms with Crippen molar-refractivity contribution >= 4 is 23.2 Å². The van der Waals surface area contributed by atoms with E-state index in [9.17, 15) is 19.5 Å². The lowest BCUT2D eigenvalue weighted by molar-refractivity contribution is -0.116. The first kappa shape index (κ1) is 24.1.